The van der Waals surface area contributed by atoms with Crippen LogP contribution in [0.15, 0.2) is 0 Å². The van der Waals surface area contributed by atoms with Crippen LogP contribution < -0.4 is 0 Å². The van der Waals surface area contributed by atoms with Crippen molar-refractivity contribution in [2.75, 3.05) is 40.6 Å². The molecule has 6 nitrogen and oxygen atoms in total. The first-order valence-corrected chi connectivity index (χ1v) is 10.0. The van der Waals surface area contributed by atoms with E-state index in [9.17, 15) is 0 Å². The van der Waals surface area contributed by atoms with E-state index >= 15 is 0 Å². The summed E-state index contributed by atoms with van der Waals surface area (Å²) in [5.74, 6) is 0. The second kappa shape index (κ2) is 19.2. The lowest BCUT2D eigenvalue weighted by atomic mass is 10.5. The second-order valence-electron chi connectivity index (χ2n) is 3.70. The average Bonchev–Trinajstić information content (AvgIpc) is 2.47. The summed E-state index contributed by atoms with van der Waals surface area (Å²) in [5, 5.41) is 0. The maximum Gasteiger partial charge on any atom is 0.484 e. The van der Waals surface area contributed by atoms with Crippen molar-refractivity contribution in [3.8, 4) is 0 Å². The normalized spacial score (nSPS) is 10.8. The Bertz CT molecular complexity index is 166. The summed E-state index contributed by atoms with van der Waals surface area (Å²) in [6, 6.07) is 0. The molecule has 0 heterocycles. The fraction of sp³-hybridized carbons (Fsp3) is 1.00. The van der Waals surface area contributed by atoms with Crippen LogP contribution in [-0.4, -0.2) is 59.7 Å². The number of rotatable bonds is 12. The van der Waals surface area contributed by atoms with Crippen molar-refractivity contribution >= 4 is 19.1 Å². The smallest absolute Gasteiger partial charge is 0.379 e. The summed E-state index contributed by atoms with van der Waals surface area (Å²) in [5.41, 5.74) is 0. The zero-order valence-corrected chi connectivity index (χ0v) is 16.2. The van der Waals surface area contributed by atoms with Crippen molar-refractivity contribution in [3.63, 3.8) is 0 Å². The predicted molar refractivity (Wildman–Crippen MR) is 84.1 cm³/mol. The lowest BCUT2D eigenvalue weighted by Gasteiger charge is -2.13. The van der Waals surface area contributed by atoms with Crippen LogP contribution in [0, 0.1) is 0 Å². The van der Waals surface area contributed by atoms with Crippen molar-refractivity contribution in [3.05, 3.63) is 0 Å². The van der Waals surface area contributed by atoms with Gasteiger partial charge in [-0.05, 0) is 26.7 Å². The van der Waals surface area contributed by atoms with Gasteiger partial charge in [0.2, 0.25) is 0 Å². The van der Waals surface area contributed by atoms with Crippen LogP contribution in [-0.2, 0) is 26.6 Å². The summed E-state index contributed by atoms with van der Waals surface area (Å²) in [6.07, 6.45) is 2.03. The van der Waals surface area contributed by atoms with Gasteiger partial charge in [-0.2, -0.15) is 0 Å². The largest absolute Gasteiger partial charge is 0.484 e. The third-order valence-electron chi connectivity index (χ3n) is 1.91. The maximum absolute atomic E-state index is 5.37. The molecule has 0 rings (SSSR count). The van der Waals surface area contributed by atoms with E-state index in [1.807, 2.05) is 13.8 Å². The zero-order chi connectivity index (χ0) is 15.6. The highest BCUT2D eigenvalue weighted by Crippen LogP contribution is 1.93. The molecule has 0 saturated carbocycles. The molecule has 0 aromatic rings. The minimum atomic E-state index is -1.75. The van der Waals surface area contributed by atoms with E-state index in [1.54, 1.807) is 14.2 Å². The molecule has 0 saturated heterocycles. The first kappa shape index (κ1) is 22.5. The Hall–Kier alpha value is 0.194. The molecule has 0 amide bonds. The van der Waals surface area contributed by atoms with Gasteiger partial charge in [-0.3, -0.25) is 0 Å². The topological polar surface area (TPSA) is 55.4 Å². The minimum absolute atomic E-state index is 0.681. The lowest BCUT2D eigenvalue weighted by molar-refractivity contribution is 0.102. The molecule has 0 aliphatic heterocycles. The monoisotopic (exact) mass is 328 g/mol. The molecule has 0 radical (unpaired) electrons. The highest BCUT2D eigenvalue weighted by molar-refractivity contribution is 6.36. The van der Waals surface area contributed by atoms with E-state index in [0.29, 0.717) is 13.2 Å². The summed E-state index contributed by atoms with van der Waals surface area (Å²) >= 11 is 0. The van der Waals surface area contributed by atoms with Crippen LogP contribution in [0.5, 0.6) is 0 Å². The minimum Gasteiger partial charge on any atom is -0.379 e. The highest BCUT2D eigenvalue weighted by Gasteiger charge is 2.12. The van der Waals surface area contributed by atoms with Gasteiger partial charge in [0.1, 0.15) is 0 Å². The zero-order valence-electron chi connectivity index (χ0n) is 13.8. The predicted octanol–water partition coefficient (Wildman–Crippen LogP) is 1.63. The Morgan fingerprint density at radius 2 is 1.00 bits per heavy atom. The quantitative estimate of drug-likeness (QED) is 0.508. The summed E-state index contributed by atoms with van der Waals surface area (Å²) in [6.45, 7) is 10.9. The standard InChI is InChI=1S/C7H18O3Si.C5H14O3Si/c1-4-7-10-11(8-5-2)9-6-3;1-4-5-8-9(6-2)7-3/h11H,4-7H2,1-3H3;9H,4-5H2,1-3H3. The Labute approximate surface area is 127 Å². The van der Waals surface area contributed by atoms with Gasteiger partial charge in [0.15, 0.2) is 0 Å². The molecule has 0 bridgehead atoms. The first-order chi connectivity index (χ1) is 9.69. The van der Waals surface area contributed by atoms with Crippen LogP contribution in [0.2, 0.25) is 0 Å². The van der Waals surface area contributed by atoms with Gasteiger partial charge < -0.3 is 26.6 Å². The van der Waals surface area contributed by atoms with E-state index in [-0.39, 0.29) is 0 Å². The van der Waals surface area contributed by atoms with Crippen LogP contribution in [0.3, 0.4) is 0 Å². The van der Waals surface area contributed by atoms with Crippen molar-refractivity contribution in [2.24, 2.45) is 0 Å². The van der Waals surface area contributed by atoms with E-state index in [1.165, 1.54) is 0 Å². The van der Waals surface area contributed by atoms with Gasteiger partial charge in [0.25, 0.3) is 0 Å². The molecule has 0 unspecified atom stereocenters. The van der Waals surface area contributed by atoms with Gasteiger partial charge in [-0.1, -0.05) is 13.8 Å². The fourth-order valence-electron chi connectivity index (χ4n) is 1.08. The van der Waals surface area contributed by atoms with Gasteiger partial charge in [-0.25, -0.2) is 0 Å². The molecule has 8 heteroatoms. The summed E-state index contributed by atoms with van der Waals surface area (Å²) < 4.78 is 30.9. The Morgan fingerprint density at radius 1 is 0.600 bits per heavy atom. The fourth-order valence-corrected chi connectivity index (χ4v) is 3.23. The molecule has 0 aliphatic carbocycles. The van der Waals surface area contributed by atoms with Crippen LogP contribution in [0.1, 0.15) is 40.5 Å². The third kappa shape index (κ3) is 16.2. The molecule has 0 atom stereocenters. The van der Waals surface area contributed by atoms with E-state index in [2.05, 4.69) is 13.8 Å². The Balaban J connectivity index is 0. The lowest BCUT2D eigenvalue weighted by Crippen LogP contribution is -2.27. The molecular weight excluding hydrogens is 296 g/mol. The Kier molecular flexibility index (Phi) is 21.6. The molecule has 0 aromatic heterocycles. The van der Waals surface area contributed by atoms with Crippen molar-refractivity contribution in [2.45, 2.75) is 40.5 Å². The van der Waals surface area contributed by atoms with E-state index in [4.69, 9.17) is 26.6 Å². The molecule has 0 aliphatic rings. The third-order valence-corrected chi connectivity index (χ3v) is 4.90. The second-order valence-corrected chi connectivity index (χ2v) is 7.13. The molecule has 0 fully saturated rings. The highest BCUT2D eigenvalue weighted by atomic mass is 28.3. The summed E-state index contributed by atoms with van der Waals surface area (Å²) in [7, 11) is -0.247. The van der Waals surface area contributed by atoms with Crippen molar-refractivity contribution < 1.29 is 26.6 Å². The molecule has 0 N–H and O–H groups in total. The van der Waals surface area contributed by atoms with Gasteiger partial charge >= 0.3 is 19.1 Å². The van der Waals surface area contributed by atoms with E-state index in [0.717, 1.165) is 26.1 Å². The van der Waals surface area contributed by atoms with Crippen molar-refractivity contribution in [1.29, 1.82) is 0 Å². The molecule has 124 valence electrons. The van der Waals surface area contributed by atoms with Gasteiger partial charge in [0.05, 0.1) is 0 Å². The van der Waals surface area contributed by atoms with Crippen LogP contribution >= 0.6 is 0 Å². The SMILES string of the molecule is CCCO[SiH](OC)OC.CCCO[SiH](OCC)OCC. The average molecular weight is 329 g/mol. The summed E-state index contributed by atoms with van der Waals surface area (Å²) in [4.78, 5) is 0. The molecule has 0 spiro atoms. The Morgan fingerprint density at radius 3 is 1.30 bits per heavy atom. The maximum atomic E-state index is 5.37. The molecule has 0 aromatic carbocycles. The van der Waals surface area contributed by atoms with E-state index < -0.39 is 19.1 Å². The van der Waals surface area contributed by atoms with Crippen LogP contribution in [0.4, 0.5) is 0 Å². The molecule has 20 heavy (non-hydrogen) atoms. The van der Waals surface area contributed by atoms with Gasteiger partial charge in [-0.15, -0.1) is 0 Å². The first-order valence-electron chi connectivity index (χ1n) is 7.21. The van der Waals surface area contributed by atoms with Crippen molar-refractivity contribution in [1.82, 2.24) is 0 Å². The number of hydrogen-bond acceptors (Lipinski definition) is 6. The molecular formula is C12H32O6Si2. The van der Waals surface area contributed by atoms with Gasteiger partial charge in [0, 0.05) is 40.6 Å². The number of hydrogen-bond donors (Lipinski definition) is 0. The van der Waals surface area contributed by atoms with Crippen LogP contribution in [0.25, 0.3) is 0 Å².